The number of H-pyrrole nitrogens is 1. The van der Waals surface area contributed by atoms with E-state index in [1.807, 2.05) is 6.07 Å². The summed E-state index contributed by atoms with van der Waals surface area (Å²) in [5.41, 5.74) is 2.72. The molecule has 154 valence electrons. The monoisotopic (exact) mass is 407 g/mol. The van der Waals surface area contributed by atoms with Crippen LogP contribution in [0, 0.1) is 11.7 Å². The molecule has 0 unspecified atom stereocenters. The van der Waals surface area contributed by atoms with Gasteiger partial charge in [0.15, 0.2) is 0 Å². The molecular formula is C22H22FN5O2. The molecule has 30 heavy (non-hydrogen) atoms. The molecule has 2 N–H and O–H groups in total. The summed E-state index contributed by atoms with van der Waals surface area (Å²) in [6.07, 6.45) is 3.81. The van der Waals surface area contributed by atoms with Crippen LogP contribution in [0.4, 0.5) is 15.9 Å². The van der Waals surface area contributed by atoms with Crippen LogP contribution in [0.15, 0.2) is 36.5 Å². The van der Waals surface area contributed by atoms with Crippen molar-refractivity contribution in [2.75, 3.05) is 30.4 Å². The second kappa shape index (κ2) is 7.12. The van der Waals surface area contributed by atoms with Gasteiger partial charge in [-0.25, -0.2) is 9.37 Å². The number of rotatable bonds is 5. The molecule has 2 amide bonds. The number of fused-ring (bicyclic) bond motifs is 2. The van der Waals surface area contributed by atoms with E-state index in [1.165, 1.54) is 18.3 Å². The Balaban J connectivity index is 1.37. The summed E-state index contributed by atoms with van der Waals surface area (Å²) >= 11 is 0. The zero-order valence-corrected chi connectivity index (χ0v) is 16.6. The minimum Gasteiger partial charge on any atom is -0.359 e. The molecule has 8 heteroatoms. The number of nitrogens with zero attached hydrogens (tertiary/aromatic N) is 3. The lowest BCUT2D eigenvalue weighted by Crippen LogP contribution is -2.41. The van der Waals surface area contributed by atoms with E-state index in [9.17, 15) is 14.0 Å². The summed E-state index contributed by atoms with van der Waals surface area (Å²) in [5.74, 6) is 0.677. The molecule has 1 aromatic carbocycles. The third-order valence-electron chi connectivity index (χ3n) is 5.64. The van der Waals surface area contributed by atoms with E-state index in [2.05, 4.69) is 15.3 Å². The molecule has 2 aliphatic rings. The molecule has 3 aromatic rings. The zero-order chi connectivity index (χ0) is 20.8. The molecule has 0 spiro atoms. The van der Waals surface area contributed by atoms with E-state index < -0.39 is 0 Å². The van der Waals surface area contributed by atoms with Crippen LogP contribution in [0.2, 0.25) is 0 Å². The Morgan fingerprint density at radius 1 is 1.30 bits per heavy atom. The molecule has 1 aliphatic carbocycles. The van der Waals surface area contributed by atoms with E-state index in [-0.39, 0.29) is 24.2 Å². The van der Waals surface area contributed by atoms with Crippen molar-refractivity contribution >= 4 is 34.2 Å². The van der Waals surface area contributed by atoms with E-state index in [0.717, 1.165) is 29.4 Å². The normalized spacial score (nSPS) is 15.8. The van der Waals surface area contributed by atoms with Gasteiger partial charge in [0.2, 0.25) is 5.91 Å². The molecule has 1 saturated carbocycles. The van der Waals surface area contributed by atoms with Gasteiger partial charge in [0.25, 0.3) is 5.91 Å². The molecule has 0 atom stereocenters. The van der Waals surface area contributed by atoms with Gasteiger partial charge in [0.1, 0.15) is 11.6 Å². The first-order valence-electron chi connectivity index (χ1n) is 10.0. The fourth-order valence-corrected chi connectivity index (χ4v) is 3.86. The Morgan fingerprint density at radius 3 is 2.93 bits per heavy atom. The number of benzene rings is 1. The average molecular weight is 407 g/mol. The highest BCUT2D eigenvalue weighted by Crippen LogP contribution is 2.35. The van der Waals surface area contributed by atoms with Crippen LogP contribution in [0.25, 0.3) is 10.9 Å². The van der Waals surface area contributed by atoms with Gasteiger partial charge in [-0.05, 0) is 49.1 Å². The summed E-state index contributed by atoms with van der Waals surface area (Å²) in [6.45, 7) is 1.24. The van der Waals surface area contributed by atoms with Crippen molar-refractivity contribution in [1.82, 2.24) is 14.9 Å². The third kappa shape index (κ3) is 3.49. The second-order valence-electron chi connectivity index (χ2n) is 8.08. The molecule has 0 bridgehead atoms. The summed E-state index contributed by atoms with van der Waals surface area (Å²) < 4.78 is 13.4. The van der Waals surface area contributed by atoms with Gasteiger partial charge in [-0.1, -0.05) is 0 Å². The van der Waals surface area contributed by atoms with Crippen LogP contribution in [0.5, 0.6) is 0 Å². The fraction of sp³-hybridized carbons (Fsp3) is 0.318. The number of halogens is 1. The molecular weight excluding hydrogens is 385 g/mol. The number of aromatic nitrogens is 2. The van der Waals surface area contributed by atoms with Crippen LogP contribution >= 0.6 is 0 Å². The van der Waals surface area contributed by atoms with Crippen molar-refractivity contribution in [3.05, 3.63) is 53.6 Å². The highest BCUT2D eigenvalue weighted by atomic mass is 19.1. The lowest BCUT2D eigenvalue weighted by molar-refractivity contribution is -0.117. The van der Waals surface area contributed by atoms with E-state index >= 15 is 0 Å². The topological polar surface area (TPSA) is 81.3 Å². The smallest absolute Gasteiger partial charge is 0.255 e. The molecule has 7 nitrogen and oxygen atoms in total. The Labute approximate surface area is 172 Å². The van der Waals surface area contributed by atoms with Crippen molar-refractivity contribution < 1.29 is 14.0 Å². The zero-order valence-electron chi connectivity index (χ0n) is 16.6. The predicted octanol–water partition coefficient (Wildman–Crippen LogP) is 3.14. The maximum Gasteiger partial charge on any atom is 0.255 e. The number of amides is 2. The van der Waals surface area contributed by atoms with Crippen LogP contribution in [0.3, 0.4) is 0 Å². The Morgan fingerprint density at radius 2 is 2.13 bits per heavy atom. The molecule has 0 radical (unpaired) electrons. The molecule has 3 heterocycles. The summed E-state index contributed by atoms with van der Waals surface area (Å²) in [5, 5.41) is 3.79. The fourth-order valence-electron chi connectivity index (χ4n) is 3.86. The van der Waals surface area contributed by atoms with Gasteiger partial charge in [-0.2, -0.15) is 0 Å². The van der Waals surface area contributed by atoms with Crippen LogP contribution in [-0.4, -0.2) is 46.8 Å². The van der Waals surface area contributed by atoms with E-state index in [0.29, 0.717) is 36.1 Å². The minimum absolute atomic E-state index is 0.000499. The maximum atomic E-state index is 13.4. The van der Waals surface area contributed by atoms with Gasteiger partial charge in [0, 0.05) is 36.4 Å². The van der Waals surface area contributed by atoms with Gasteiger partial charge in [-0.3, -0.25) is 9.59 Å². The first-order valence-corrected chi connectivity index (χ1v) is 10.0. The lowest BCUT2D eigenvalue weighted by atomic mass is 10.1. The number of hydrogen-bond acceptors (Lipinski definition) is 4. The van der Waals surface area contributed by atoms with Gasteiger partial charge >= 0.3 is 0 Å². The lowest BCUT2D eigenvalue weighted by Gasteiger charge is -2.30. The second-order valence-corrected chi connectivity index (χ2v) is 8.08. The molecule has 1 aliphatic heterocycles. The number of aromatic amines is 1. The first-order chi connectivity index (χ1) is 14.5. The number of pyridine rings is 1. The number of carbonyl (C=O) groups is 2. The Hall–Kier alpha value is -3.42. The summed E-state index contributed by atoms with van der Waals surface area (Å²) in [6, 6.07) is 8.13. The van der Waals surface area contributed by atoms with E-state index in [4.69, 9.17) is 0 Å². The maximum absolute atomic E-state index is 13.4. The number of carbonyl (C=O) groups excluding carboxylic acids is 2. The average Bonchev–Trinajstić information content (AvgIpc) is 3.47. The van der Waals surface area contributed by atoms with Gasteiger partial charge in [0.05, 0.1) is 24.3 Å². The molecule has 1 fully saturated rings. The molecule has 5 rings (SSSR count). The van der Waals surface area contributed by atoms with Crippen molar-refractivity contribution in [2.45, 2.75) is 19.4 Å². The summed E-state index contributed by atoms with van der Waals surface area (Å²) in [4.78, 5) is 36.3. The van der Waals surface area contributed by atoms with Crippen LogP contribution < -0.4 is 10.2 Å². The van der Waals surface area contributed by atoms with Gasteiger partial charge < -0.3 is 20.1 Å². The standard InChI is InChI=1S/C22H22FN5O2/c1-27(12-17-7-14-6-16(23)4-5-18(14)26-17)22(30)15-8-19-21(24-9-15)25-10-20(29)28(19)11-13-2-3-13/h4-9,13,26H,2-3,10-12H2,1H3,(H,24,25). The Bertz CT molecular complexity index is 1150. The Kier molecular flexibility index (Phi) is 4.42. The quantitative estimate of drug-likeness (QED) is 0.681. The number of hydrogen-bond donors (Lipinski definition) is 2. The van der Waals surface area contributed by atoms with Crippen molar-refractivity contribution in [1.29, 1.82) is 0 Å². The predicted molar refractivity (Wildman–Crippen MR) is 112 cm³/mol. The van der Waals surface area contributed by atoms with Gasteiger partial charge in [-0.15, -0.1) is 0 Å². The third-order valence-corrected chi connectivity index (χ3v) is 5.64. The van der Waals surface area contributed by atoms with Crippen LogP contribution in [0.1, 0.15) is 28.9 Å². The van der Waals surface area contributed by atoms with Crippen molar-refractivity contribution in [2.24, 2.45) is 5.92 Å². The molecule has 2 aromatic heterocycles. The largest absolute Gasteiger partial charge is 0.359 e. The number of nitrogens with one attached hydrogen (secondary N) is 2. The highest BCUT2D eigenvalue weighted by molar-refractivity contribution is 6.04. The highest BCUT2D eigenvalue weighted by Gasteiger charge is 2.32. The van der Waals surface area contributed by atoms with Crippen molar-refractivity contribution in [3.8, 4) is 0 Å². The summed E-state index contributed by atoms with van der Waals surface area (Å²) in [7, 11) is 1.71. The van der Waals surface area contributed by atoms with Crippen LogP contribution in [-0.2, 0) is 11.3 Å². The number of anilines is 2. The first kappa shape index (κ1) is 18.6. The molecule has 0 saturated heterocycles. The minimum atomic E-state index is -0.295. The SMILES string of the molecule is CN(Cc1cc2cc(F)ccc2[nH]1)C(=O)c1cnc2c(c1)N(CC1CC1)C(=O)CN2. The van der Waals surface area contributed by atoms with E-state index in [1.54, 1.807) is 29.0 Å². The van der Waals surface area contributed by atoms with Crippen molar-refractivity contribution in [3.63, 3.8) is 0 Å².